The SMILES string of the molecule is O=c1cc(O)c2cc(OCCOc3ccccc3)ccc2o1. The summed E-state index contributed by atoms with van der Waals surface area (Å²) in [4.78, 5) is 11.2. The van der Waals surface area contributed by atoms with E-state index in [4.69, 9.17) is 13.9 Å². The molecule has 0 saturated carbocycles. The van der Waals surface area contributed by atoms with E-state index >= 15 is 0 Å². The highest BCUT2D eigenvalue weighted by Gasteiger charge is 2.06. The van der Waals surface area contributed by atoms with Crippen molar-refractivity contribution in [3.8, 4) is 17.2 Å². The van der Waals surface area contributed by atoms with Gasteiger partial charge in [0.25, 0.3) is 0 Å². The molecule has 0 radical (unpaired) electrons. The molecule has 0 saturated heterocycles. The number of para-hydroxylation sites is 1. The molecule has 0 atom stereocenters. The van der Waals surface area contributed by atoms with Crippen LogP contribution in [-0.2, 0) is 0 Å². The molecule has 5 nitrogen and oxygen atoms in total. The quantitative estimate of drug-likeness (QED) is 0.579. The van der Waals surface area contributed by atoms with Gasteiger partial charge in [-0.3, -0.25) is 0 Å². The molecule has 3 rings (SSSR count). The minimum Gasteiger partial charge on any atom is -0.507 e. The number of fused-ring (bicyclic) bond motifs is 1. The van der Waals surface area contributed by atoms with Crippen molar-refractivity contribution in [3.05, 3.63) is 65.0 Å². The van der Waals surface area contributed by atoms with Gasteiger partial charge in [0.15, 0.2) is 0 Å². The molecule has 0 aliphatic heterocycles. The smallest absolute Gasteiger partial charge is 0.339 e. The summed E-state index contributed by atoms with van der Waals surface area (Å²) in [6.07, 6.45) is 0. The van der Waals surface area contributed by atoms with E-state index in [9.17, 15) is 9.90 Å². The number of ether oxygens (including phenoxy) is 2. The van der Waals surface area contributed by atoms with E-state index in [2.05, 4.69) is 0 Å². The fourth-order valence-corrected chi connectivity index (χ4v) is 2.05. The zero-order valence-corrected chi connectivity index (χ0v) is 11.7. The Morgan fingerprint density at radius 2 is 1.64 bits per heavy atom. The van der Waals surface area contributed by atoms with E-state index in [-0.39, 0.29) is 5.75 Å². The third kappa shape index (κ3) is 3.20. The number of benzene rings is 2. The van der Waals surface area contributed by atoms with Gasteiger partial charge in [-0.05, 0) is 30.3 Å². The standard InChI is InChI=1S/C17H14O5/c18-15-11-17(19)22-16-7-6-13(10-14(15)16)21-9-8-20-12-4-2-1-3-5-12/h1-7,10-11,18H,8-9H2. The summed E-state index contributed by atoms with van der Waals surface area (Å²) in [7, 11) is 0. The molecule has 1 heterocycles. The van der Waals surface area contributed by atoms with Crippen LogP contribution in [0.5, 0.6) is 17.2 Å². The van der Waals surface area contributed by atoms with Gasteiger partial charge in [0.05, 0.1) is 11.5 Å². The number of hydrogen-bond acceptors (Lipinski definition) is 5. The second-order valence-electron chi connectivity index (χ2n) is 4.62. The highest BCUT2D eigenvalue weighted by molar-refractivity contribution is 5.84. The lowest BCUT2D eigenvalue weighted by atomic mass is 10.2. The molecule has 0 fully saturated rings. The van der Waals surface area contributed by atoms with Crippen LogP contribution >= 0.6 is 0 Å². The molecule has 0 spiro atoms. The van der Waals surface area contributed by atoms with Crippen LogP contribution in [-0.4, -0.2) is 18.3 Å². The number of hydrogen-bond donors (Lipinski definition) is 1. The lowest BCUT2D eigenvalue weighted by Gasteiger charge is -2.09. The maximum absolute atomic E-state index is 11.2. The normalized spacial score (nSPS) is 10.5. The first kappa shape index (κ1) is 14.0. The van der Waals surface area contributed by atoms with Crippen molar-refractivity contribution in [1.82, 2.24) is 0 Å². The van der Waals surface area contributed by atoms with Crippen molar-refractivity contribution in [1.29, 1.82) is 0 Å². The van der Waals surface area contributed by atoms with Gasteiger partial charge in [-0.2, -0.15) is 0 Å². The first-order valence-corrected chi connectivity index (χ1v) is 6.80. The summed E-state index contributed by atoms with van der Waals surface area (Å²) >= 11 is 0. The molecule has 0 bridgehead atoms. The molecule has 0 amide bonds. The van der Waals surface area contributed by atoms with Crippen LogP contribution in [0.1, 0.15) is 0 Å². The Hall–Kier alpha value is -2.95. The average Bonchev–Trinajstić information content (AvgIpc) is 2.53. The van der Waals surface area contributed by atoms with Crippen molar-refractivity contribution < 1.29 is 19.0 Å². The van der Waals surface area contributed by atoms with Crippen molar-refractivity contribution in [3.63, 3.8) is 0 Å². The molecule has 1 N–H and O–H groups in total. The van der Waals surface area contributed by atoms with Gasteiger partial charge in [-0.15, -0.1) is 0 Å². The van der Waals surface area contributed by atoms with Gasteiger partial charge in [0, 0.05) is 0 Å². The van der Waals surface area contributed by atoms with Gasteiger partial charge in [-0.25, -0.2) is 4.79 Å². The van der Waals surface area contributed by atoms with Crippen LogP contribution in [0.3, 0.4) is 0 Å². The zero-order valence-electron chi connectivity index (χ0n) is 11.7. The first-order chi connectivity index (χ1) is 10.7. The van der Waals surface area contributed by atoms with Crippen molar-refractivity contribution >= 4 is 11.0 Å². The molecule has 1 aromatic heterocycles. The van der Waals surface area contributed by atoms with Crippen LogP contribution in [0.2, 0.25) is 0 Å². The van der Waals surface area contributed by atoms with Gasteiger partial charge < -0.3 is 19.0 Å². The lowest BCUT2D eigenvalue weighted by Crippen LogP contribution is -2.08. The number of aromatic hydroxyl groups is 1. The fraction of sp³-hybridized carbons (Fsp3) is 0.118. The molecule has 0 aliphatic rings. The third-order valence-corrected chi connectivity index (χ3v) is 3.06. The van der Waals surface area contributed by atoms with Gasteiger partial charge >= 0.3 is 5.63 Å². The Bertz CT molecular complexity index is 823. The van der Waals surface area contributed by atoms with Crippen LogP contribution in [0.25, 0.3) is 11.0 Å². The zero-order chi connectivity index (χ0) is 15.4. The molecule has 0 unspecified atom stereocenters. The first-order valence-electron chi connectivity index (χ1n) is 6.80. The molecule has 2 aromatic carbocycles. The molecule has 3 aromatic rings. The molecular weight excluding hydrogens is 284 g/mol. The van der Waals surface area contributed by atoms with Crippen molar-refractivity contribution in [2.75, 3.05) is 13.2 Å². The van der Waals surface area contributed by atoms with Crippen molar-refractivity contribution in [2.45, 2.75) is 0 Å². The van der Waals surface area contributed by atoms with Crippen LogP contribution in [0, 0.1) is 0 Å². The summed E-state index contributed by atoms with van der Waals surface area (Å²) in [5.74, 6) is 1.22. The van der Waals surface area contributed by atoms with E-state index in [1.54, 1.807) is 18.2 Å². The highest BCUT2D eigenvalue weighted by Crippen LogP contribution is 2.26. The van der Waals surface area contributed by atoms with Gasteiger partial charge in [0.1, 0.15) is 36.0 Å². The fourth-order valence-electron chi connectivity index (χ4n) is 2.05. The Morgan fingerprint density at radius 3 is 2.41 bits per heavy atom. The maximum atomic E-state index is 11.2. The van der Waals surface area contributed by atoms with E-state index < -0.39 is 5.63 Å². The Kier molecular flexibility index (Phi) is 3.96. The summed E-state index contributed by atoms with van der Waals surface area (Å²) in [5, 5.41) is 10.2. The summed E-state index contributed by atoms with van der Waals surface area (Å²) < 4.78 is 16.1. The molecule has 5 heteroatoms. The van der Waals surface area contributed by atoms with E-state index in [0.717, 1.165) is 11.8 Å². The van der Waals surface area contributed by atoms with E-state index in [0.29, 0.717) is 29.9 Å². The summed E-state index contributed by atoms with van der Waals surface area (Å²) in [6.45, 7) is 0.760. The molecule has 0 aliphatic carbocycles. The van der Waals surface area contributed by atoms with E-state index in [1.807, 2.05) is 30.3 Å². The minimum atomic E-state index is -0.588. The number of rotatable bonds is 5. The Balaban J connectivity index is 1.63. The van der Waals surface area contributed by atoms with Crippen molar-refractivity contribution in [2.24, 2.45) is 0 Å². The Morgan fingerprint density at radius 1 is 0.909 bits per heavy atom. The monoisotopic (exact) mass is 298 g/mol. The Labute approximate surface area is 126 Å². The maximum Gasteiger partial charge on any atom is 0.339 e. The molecule has 112 valence electrons. The molecular formula is C17H14O5. The van der Waals surface area contributed by atoms with Gasteiger partial charge in [-0.1, -0.05) is 18.2 Å². The average molecular weight is 298 g/mol. The second-order valence-corrected chi connectivity index (χ2v) is 4.62. The third-order valence-electron chi connectivity index (χ3n) is 3.06. The summed E-state index contributed by atoms with van der Waals surface area (Å²) in [6, 6.07) is 15.4. The summed E-state index contributed by atoms with van der Waals surface area (Å²) in [5.41, 5.74) is -0.271. The highest BCUT2D eigenvalue weighted by atomic mass is 16.5. The van der Waals surface area contributed by atoms with E-state index in [1.165, 1.54) is 0 Å². The van der Waals surface area contributed by atoms with Gasteiger partial charge in [0.2, 0.25) is 0 Å². The largest absolute Gasteiger partial charge is 0.507 e. The molecule has 22 heavy (non-hydrogen) atoms. The van der Waals surface area contributed by atoms with Crippen LogP contribution in [0.15, 0.2) is 63.8 Å². The lowest BCUT2D eigenvalue weighted by molar-refractivity contribution is 0.217. The predicted molar refractivity (Wildman–Crippen MR) is 81.6 cm³/mol. The predicted octanol–water partition coefficient (Wildman–Crippen LogP) is 2.96. The topological polar surface area (TPSA) is 68.9 Å². The van der Waals surface area contributed by atoms with Crippen LogP contribution in [0.4, 0.5) is 0 Å². The second kappa shape index (κ2) is 6.22. The minimum absolute atomic E-state index is 0.128. The van der Waals surface area contributed by atoms with Crippen LogP contribution < -0.4 is 15.1 Å².